The first-order valence-electron chi connectivity index (χ1n) is 11.6. The molecule has 34 heavy (non-hydrogen) atoms. The Bertz CT molecular complexity index is 1410. The number of anilines is 2. The van der Waals surface area contributed by atoms with E-state index in [0.29, 0.717) is 11.1 Å². The van der Waals surface area contributed by atoms with E-state index in [0.717, 1.165) is 52.9 Å². The molecule has 2 aromatic heterocycles. The van der Waals surface area contributed by atoms with Gasteiger partial charge in [0.1, 0.15) is 0 Å². The van der Waals surface area contributed by atoms with E-state index in [2.05, 4.69) is 10.00 Å². The maximum atomic E-state index is 14.1. The van der Waals surface area contributed by atoms with Gasteiger partial charge in [0.05, 0.1) is 17.2 Å². The lowest BCUT2D eigenvalue weighted by Gasteiger charge is -2.33. The van der Waals surface area contributed by atoms with Gasteiger partial charge in [-0.1, -0.05) is 13.8 Å². The van der Waals surface area contributed by atoms with Crippen LogP contribution in [0.15, 0.2) is 41.5 Å². The second-order valence-electron chi connectivity index (χ2n) is 8.50. The number of hydrogen-bond donors (Lipinski definition) is 0. The molecule has 0 aliphatic carbocycles. The number of halogens is 2. The number of nitrogens with zero attached hydrogens (tertiary/aromatic N) is 5. The zero-order chi connectivity index (χ0) is 24.7. The zero-order valence-electron chi connectivity index (χ0n) is 20.6. The summed E-state index contributed by atoms with van der Waals surface area (Å²) in [6.45, 7) is 6.72. The lowest BCUT2D eigenvalue weighted by Crippen LogP contribution is -2.25. The van der Waals surface area contributed by atoms with Gasteiger partial charge in [-0.2, -0.15) is 5.10 Å². The van der Waals surface area contributed by atoms with E-state index in [4.69, 9.17) is 0 Å². The minimum atomic E-state index is -2.60. The van der Waals surface area contributed by atoms with Crippen molar-refractivity contribution < 1.29 is 8.78 Å². The average Bonchev–Trinajstić information content (AvgIpc) is 3.37. The molecular formula is C26H31F2N5O. The van der Waals surface area contributed by atoms with Gasteiger partial charge in [0, 0.05) is 56.4 Å². The molecule has 4 aromatic rings. The number of aromatic nitrogens is 4. The van der Waals surface area contributed by atoms with Crippen LogP contribution in [0.5, 0.6) is 0 Å². The third-order valence-corrected chi connectivity index (χ3v) is 6.56. The lowest BCUT2D eigenvalue weighted by atomic mass is 9.92. The summed E-state index contributed by atoms with van der Waals surface area (Å²) in [6, 6.07) is 7.45. The van der Waals surface area contributed by atoms with Crippen LogP contribution in [-0.2, 0) is 27.6 Å². The van der Waals surface area contributed by atoms with Crippen LogP contribution in [0.4, 0.5) is 20.2 Å². The van der Waals surface area contributed by atoms with Crippen molar-refractivity contribution in [1.29, 1.82) is 0 Å². The van der Waals surface area contributed by atoms with Crippen LogP contribution in [0.1, 0.15) is 43.4 Å². The van der Waals surface area contributed by atoms with Crippen molar-refractivity contribution in [1.82, 2.24) is 18.9 Å². The molecule has 0 spiro atoms. The molecule has 0 saturated heterocycles. The first-order valence-corrected chi connectivity index (χ1v) is 11.6. The zero-order valence-corrected chi connectivity index (χ0v) is 20.6. The normalized spacial score (nSPS) is 13.3. The summed E-state index contributed by atoms with van der Waals surface area (Å²) in [5.74, 6) is 0. The smallest absolute Gasteiger partial charge is 0.328 e. The summed E-state index contributed by atoms with van der Waals surface area (Å²) in [6.07, 6.45) is 2.54. The lowest BCUT2D eigenvalue weighted by molar-refractivity contribution is 0.152. The van der Waals surface area contributed by atoms with E-state index in [1.807, 2.05) is 39.0 Å². The predicted octanol–water partition coefficient (Wildman–Crippen LogP) is 5.63. The van der Waals surface area contributed by atoms with Gasteiger partial charge in [-0.25, -0.2) is 13.6 Å². The van der Waals surface area contributed by atoms with Gasteiger partial charge >= 0.3 is 5.69 Å². The fourth-order valence-electron chi connectivity index (χ4n) is 4.98. The summed E-state index contributed by atoms with van der Waals surface area (Å²) >= 11 is 0. The number of imidazole rings is 1. The summed E-state index contributed by atoms with van der Waals surface area (Å²) in [7, 11) is 5.30. The van der Waals surface area contributed by atoms with Crippen molar-refractivity contribution in [2.24, 2.45) is 21.1 Å². The molecule has 0 amide bonds. The monoisotopic (exact) mass is 467 g/mol. The molecule has 3 heterocycles. The predicted molar refractivity (Wildman–Crippen MR) is 133 cm³/mol. The maximum Gasteiger partial charge on any atom is 0.328 e. The van der Waals surface area contributed by atoms with Gasteiger partial charge in [-0.3, -0.25) is 13.8 Å². The van der Waals surface area contributed by atoms with Crippen LogP contribution < -0.4 is 10.6 Å². The molecule has 0 saturated carbocycles. The van der Waals surface area contributed by atoms with Crippen LogP contribution in [0.3, 0.4) is 0 Å². The van der Waals surface area contributed by atoms with E-state index in [1.165, 1.54) is 0 Å². The fraction of sp³-hybridized carbons (Fsp3) is 0.385. The molecule has 0 unspecified atom stereocenters. The van der Waals surface area contributed by atoms with Gasteiger partial charge in [-0.15, -0.1) is 0 Å². The molecule has 1 aliphatic heterocycles. The Labute approximate surface area is 198 Å². The number of fused-ring (bicyclic) bond motifs is 2. The molecule has 6 nitrogen and oxygen atoms in total. The molecule has 1 aliphatic rings. The topological polar surface area (TPSA) is 48.0 Å². The van der Waals surface area contributed by atoms with Crippen molar-refractivity contribution >= 4 is 22.4 Å². The van der Waals surface area contributed by atoms with Crippen LogP contribution >= 0.6 is 0 Å². The summed E-state index contributed by atoms with van der Waals surface area (Å²) in [5, 5.41) is 4.16. The Morgan fingerprint density at radius 2 is 1.76 bits per heavy atom. The van der Waals surface area contributed by atoms with Crippen molar-refractivity contribution in [3.63, 3.8) is 0 Å². The minimum absolute atomic E-state index is 0.00879. The average molecular weight is 468 g/mol. The summed E-state index contributed by atoms with van der Waals surface area (Å²) in [4.78, 5) is 14.6. The number of hydrogen-bond acceptors (Lipinski definition) is 3. The summed E-state index contributed by atoms with van der Waals surface area (Å²) in [5.41, 5.74) is 6.63. The number of aryl methyl sites for hydroxylation is 5. The third-order valence-electron chi connectivity index (χ3n) is 6.56. The summed E-state index contributed by atoms with van der Waals surface area (Å²) < 4.78 is 33.1. The molecule has 0 atom stereocenters. The SMILES string of the molecule is CC.Cc1c(N2CCCc3cc(-c4cnn(C)c4)c(C(F)F)cc32)ccc2c1n(C)c(=O)n2C. The van der Waals surface area contributed by atoms with E-state index < -0.39 is 6.43 Å². The molecule has 5 rings (SSSR count). The van der Waals surface area contributed by atoms with Crippen molar-refractivity contribution in [2.75, 3.05) is 11.4 Å². The van der Waals surface area contributed by atoms with Gasteiger partial charge in [-0.05, 0) is 60.7 Å². The standard InChI is InChI=1S/C24H25F2N5O.C2H6/c1-14-19(7-8-20-22(14)30(4)24(32)29(20)3)31-9-5-6-15-10-17(16-12-27-28(2)13-16)18(23(25)26)11-21(15)31;1-2/h7-8,10-13,23H,5-6,9H2,1-4H3;1-2H3. The second-order valence-corrected chi connectivity index (χ2v) is 8.50. The first-order chi connectivity index (χ1) is 16.3. The molecule has 0 fully saturated rings. The highest BCUT2D eigenvalue weighted by atomic mass is 19.3. The number of alkyl halides is 2. The van der Waals surface area contributed by atoms with Crippen LogP contribution in [0.25, 0.3) is 22.2 Å². The van der Waals surface area contributed by atoms with Crippen LogP contribution in [0, 0.1) is 6.92 Å². The third kappa shape index (κ3) is 3.71. The second kappa shape index (κ2) is 9.08. The van der Waals surface area contributed by atoms with E-state index in [1.54, 1.807) is 53.4 Å². The highest BCUT2D eigenvalue weighted by Gasteiger charge is 2.26. The van der Waals surface area contributed by atoms with E-state index >= 15 is 0 Å². The number of benzene rings is 2. The first kappa shape index (κ1) is 23.7. The molecule has 2 aromatic carbocycles. The molecular weight excluding hydrogens is 436 g/mol. The van der Waals surface area contributed by atoms with Crippen molar-refractivity contribution in [3.8, 4) is 11.1 Å². The largest absolute Gasteiger partial charge is 0.341 e. The minimum Gasteiger partial charge on any atom is -0.341 e. The van der Waals surface area contributed by atoms with Crippen LogP contribution in [-0.4, -0.2) is 25.5 Å². The maximum absolute atomic E-state index is 14.1. The Morgan fingerprint density at radius 1 is 1.03 bits per heavy atom. The Kier molecular flexibility index (Phi) is 6.34. The Balaban J connectivity index is 0.00000133. The van der Waals surface area contributed by atoms with Gasteiger partial charge < -0.3 is 4.90 Å². The molecule has 0 radical (unpaired) electrons. The quantitative estimate of drug-likeness (QED) is 0.392. The van der Waals surface area contributed by atoms with E-state index in [-0.39, 0.29) is 11.3 Å². The molecule has 180 valence electrons. The molecule has 0 N–H and O–H groups in total. The Hall–Kier alpha value is -3.42. The molecule has 8 heteroatoms. The van der Waals surface area contributed by atoms with Gasteiger partial charge in [0.2, 0.25) is 0 Å². The van der Waals surface area contributed by atoms with Gasteiger partial charge in [0.25, 0.3) is 6.43 Å². The molecule has 0 bridgehead atoms. The van der Waals surface area contributed by atoms with Gasteiger partial charge in [0.15, 0.2) is 0 Å². The van der Waals surface area contributed by atoms with Crippen molar-refractivity contribution in [2.45, 2.75) is 40.0 Å². The fourth-order valence-corrected chi connectivity index (χ4v) is 4.98. The van der Waals surface area contributed by atoms with Crippen LogP contribution in [0.2, 0.25) is 0 Å². The van der Waals surface area contributed by atoms with Crippen molar-refractivity contribution in [3.05, 3.63) is 63.8 Å². The highest BCUT2D eigenvalue weighted by Crippen LogP contribution is 2.42. The number of rotatable bonds is 3. The van der Waals surface area contributed by atoms with E-state index in [9.17, 15) is 13.6 Å². The Morgan fingerprint density at radius 3 is 2.41 bits per heavy atom. The highest BCUT2D eigenvalue weighted by molar-refractivity contribution is 5.88.